The van der Waals surface area contributed by atoms with Gasteiger partial charge in [-0.15, -0.1) is 0 Å². The van der Waals surface area contributed by atoms with Crippen LogP contribution in [0.4, 0.5) is 36.8 Å². The molecule has 35 heavy (non-hydrogen) atoms. The summed E-state index contributed by atoms with van der Waals surface area (Å²) in [5.74, 6) is 0. The predicted octanol–water partition coefficient (Wildman–Crippen LogP) is 5.07. The van der Waals surface area contributed by atoms with E-state index in [0.717, 1.165) is 32.7 Å². The number of piperazine rings is 1. The Hall–Kier alpha value is -2.79. The summed E-state index contributed by atoms with van der Waals surface area (Å²) in [4.78, 5) is 18.5. The van der Waals surface area contributed by atoms with Crippen LogP contribution < -0.4 is 5.32 Å². The van der Waals surface area contributed by atoms with Gasteiger partial charge in [0, 0.05) is 57.5 Å². The highest BCUT2D eigenvalue weighted by Crippen LogP contribution is 2.37. The van der Waals surface area contributed by atoms with Gasteiger partial charge < -0.3 is 10.2 Å². The molecule has 190 valence electrons. The minimum absolute atomic E-state index is 0.0358. The molecule has 0 spiro atoms. The number of benzene rings is 2. The minimum atomic E-state index is -4.97. The van der Waals surface area contributed by atoms with E-state index in [1.54, 1.807) is 0 Å². The smallest absolute Gasteiger partial charge is 0.321 e. The van der Waals surface area contributed by atoms with E-state index < -0.39 is 35.2 Å². The first-order valence-electron chi connectivity index (χ1n) is 11.3. The lowest BCUT2D eigenvalue weighted by molar-refractivity contribution is -0.143. The lowest BCUT2D eigenvalue weighted by atomic mass is 10.1. The van der Waals surface area contributed by atoms with Crippen molar-refractivity contribution in [3.05, 3.63) is 64.7 Å². The number of aryl methyl sites for hydroxylation is 1. The Balaban J connectivity index is 1.29. The van der Waals surface area contributed by atoms with Crippen molar-refractivity contribution in [2.24, 2.45) is 0 Å². The Bertz CT molecular complexity index is 1020. The number of amides is 2. The van der Waals surface area contributed by atoms with E-state index in [9.17, 15) is 31.1 Å². The highest BCUT2D eigenvalue weighted by atomic mass is 19.4. The fourth-order valence-electron chi connectivity index (χ4n) is 4.40. The molecule has 2 aliphatic heterocycles. The quantitative estimate of drug-likeness (QED) is 0.597. The summed E-state index contributed by atoms with van der Waals surface area (Å²) in [6, 6.07) is 8.70. The average molecular weight is 500 g/mol. The van der Waals surface area contributed by atoms with Gasteiger partial charge in [0.25, 0.3) is 0 Å². The Morgan fingerprint density at radius 1 is 0.914 bits per heavy atom. The molecule has 1 N–H and O–H groups in total. The summed E-state index contributed by atoms with van der Waals surface area (Å²) in [7, 11) is 0. The zero-order valence-corrected chi connectivity index (χ0v) is 19.1. The molecule has 2 saturated heterocycles. The van der Waals surface area contributed by atoms with E-state index in [1.165, 1.54) is 16.0 Å². The Morgan fingerprint density at radius 2 is 1.49 bits per heavy atom. The summed E-state index contributed by atoms with van der Waals surface area (Å²) < 4.78 is 78.2. The van der Waals surface area contributed by atoms with Gasteiger partial charge in [0.1, 0.15) is 0 Å². The second-order valence-corrected chi connectivity index (χ2v) is 9.02. The third-order valence-corrected chi connectivity index (χ3v) is 6.57. The molecular formula is C24H26F6N4O. The van der Waals surface area contributed by atoms with Crippen LogP contribution >= 0.6 is 0 Å². The maximum atomic E-state index is 13.0. The van der Waals surface area contributed by atoms with Crippen LogP contribution in [0.15, 0.2) is 42.5 Å². The van der Waals surface area contributed by atoms with Crippen molar-refractivity contribution in [3.8, 4) is 0 Å². The van der Waals surface area contributed by atoms with Gasteiger partial charge in [0.15, 0.2) is 0 Å². The Morgan fingerprint density at radius 3 is 2.03 bits per heavy atom. The van der Waals surface area contributed by atoms with Gasteiger partial charge >= 0.3 is 18.4 Å². The molecule has 2 aromatic rings. The predicted molar refractivity (Wildman–Crippen MR) is 119 cm³/mol. The molecule has 0 unspecified atom stereocenters. The molecule has 5 nitrogen and oxygen atoms in total. The van der Waals surface area contributed by atoms with Crippen LogP contribution in [-0.4, -0.2) is 66.0 Å². The number of halogens is 6. The van der Waals surface area contributed by atoms with Crippen LogP contribution in [0.1, 0.15) is 22.3 Å². The van der Waals surface area contributed by atoms with E-state index in [1.807, 2.05) is 12.1 Å². The standard InChI is InChI=1S/C24H26F6N4O/c1-16-4-2-3-5-17(16)13-32-6-8-33(9-7-32)21-14-34(15-21)22(35)31-20-11-18(23(25,26)27)10-19(12-20)24(28,29)30/h2-5,10-12,21H,6-9,13-15H2,1H3,(H,31,35). The average Bonchev–Trinajstić information content (AvgIpc) is 2.74. The van der Waals surface area contributed by atoms with Gasteiger partial charge in [-0.2, -0.15) is 26.3 Å². The van der Waals surface area contributed by atoms with Crippen LogP contribution in [0.3, 0.4) is 0 Å². The van der Waals surface area contributed by atoms with Gasteiger partial charge in [-0.3, -0.25) is 9.80 Å². The molecule has 2 amide bonds. The number of carbonyl (C=O) groups excluding carboxylic acids is 1. The van der Waals surface area contributed by atoms with E-state index in [2.05, 4.69) is 34.2 Å². The monoisotopic (exact) mass is 500 g/mol. The van der Waals surface area contributed by atoms with Gasteiger partial charge in [-0.1, -0.05) is 24.3 Å². The number of hydrogen-bond donors (Lipinski definition) is 1. The molecule has 2 heterocycles. The second-order valence-electron chi connectivity index (χ2n) is 9.02. The molecule has 0 aromatic heterocycles. The second kappa shape index (κ2) is 9.69. The summed E-state index contributed by atoms with van der Waals surface area (Å²) in [6.45, 7) is 7.11. The molecule has 2 fully saturated rings. The number of anilines is 1. The van der Waals surface area contributed by atoms with Crippen molar-refractivity contribution in [1.29, 1.82) is 0 Å². The molecule has 0 saturated carbocycles. The molecule has 0 aliphatic carbocycles. The number of alkyl halides is 6. The minimum Gasteiger partial charge on any atom is -0.321 e. The van der Waals surface area contributed by atoms with Crippen molar-refractivity contribution in [2.45, 2.75) is 31.9 Å². The fraction of sp³-hybridized carbons (Fsp3) is 0.458. The Kier molecular flexibility index (Phi) is 7.01. The maximum absolute atomic E-state index is 13.0. The SMILES string of the molecule is Cc1ccccc1CN1CCN(C2CN(C(=O)Nc3cc(C(F)(F)F)cc(C(F)(F)F)c3)C2)CC1. The van der Waals surface area contributed by atoms with Gasteiger partial charge in [0.05, 0.1) is 11.1 Å². The highest BCUT2D eigenvalue weighted by Gasteiger charge is 2.39. The van der Waals surface area contributed by atoms with Crippen LogP contribution in [0.25, 0.3) is 0 Å². The summed E-state index contributed by atoms with van der Waals surface area (Å²) >= 11 is 0. The fourth-order valence-corrected chi connectivity index (χ4v) is 4.40. The molecule has 0 bridgehead atoms. The zero-order chi connectivity index (χ0) is 25.4. The molecule has 2 aromatic carbocycles. The van der Waals surface area contributed by atoms with E-state index in [-0.39, 0.29) is 12.1 Å². The maximum Gasteiger partial charge on any atom is 0.416 e. The van der Waals surface area contributed by atoms with Crippen molar-refractivity contribution < 1.29 is 31.1 Å². The Labute approximate surface area is 199 Å². The zero-order valence-electron chi connectivity index (χ0n) is 19.1. The number of likely N-dealkylation sites (tertiary alicyclic amines) is 1. The van der Waals surface area contributed by atoms with E-state index in [4.69, 9.17) is 0 Å². The molecule has 2 aliphatic rings. The van der Waals surface area contributed by atoms with Crippen molar-refractivity contribution in [1.82, 2.24) is 14.7 Å². The van der Waals surface area contributed by atoms with Crippen LogP contribution in [0, 0.1) is 6.92 Å². The number of carbonyl (C=O) groups is 1. The lowest BCUT2D eigenvalue weighted by Gasteiger charge is -2.48. The van der Waals surface area contributed by atoms with Crippen molar-refractivity contribution in [3.63, 3.8) is 0 Å². The third-order valence-electron chi connectivity index (χ3n) is 6.57. The van der Waals surface area contributed by atoms with E-state index in [0.29, 0.717) is 25.2 Å². The first kappa shape index (κ1) is 25.3. The molecular weight excluding hydrogens is 474 g/mol. The number of hydrogen-bond acceptors (Lipinski definition) is 3. The van der Waals surface area contributed by atoms with Crippen LogP contribution in [0.5, 0.6) is 0 Å². The van der Waals surface area contributed by atoms with Crippen LogP contribution in [0.2, 0.25) is 0 Å². The lowest BCUT2D eigenvalue weighted by Crippen LogP contribution is -2.64. The molecule has 11 heteroatoms. The number of rotatable bonds is 4. The van der Waals surface area contributed by atoms with Gasteiger partial charge in [-0.25, -0.2) is 4.79 Å². The van der Waals surface area contributed by atoms with Crippen molar-refractivity contribution >= 4 is 11.7 Å². The number of nitrogens with zero attached hydrogens (tertiary/aromatic N) is 3. The number of urea groups is 1. The normalized spacial score (nSPS) is 18.4. The van der Waals surface area contributed by atoms with Gasteiger partial charge in [-0.05, 0) is 36.2 Å². The summed E-state index contributed by atoms with van der Waals surface area (Å²) in [5, 5.41) is 2.19. The van der Waals surface area contributed by atoms with Crippen molar-refractivity contribution in [2.75, 3.05) is 44.6 Å². The topological polar surface area (TPSA) is 38.8 Å². The first-order valence-corrected chi connectivity index (χ1v) is 11.3. The first-order chi connectivity index (χ1) is 16.4. The molecule has 4 rings (SSSR count). The molecule has 0 radical (unpaired) electrons. The largest absolute Gasteiger partial charge is 0.416 e. The number of nitrogens with one attached hydrogen (secondary N) is 1. The highest BCUT2D eigenvalue weighted by molar-refractivity contribution is 5.90. The van der Waals surface area contributed by atoms with E-state index >= 15 is 0 Å². The summed E-state index contributed by atoms with van der Waals surface area (Å²) in [5.41, 5.74) is -0.930. The third kappa shape index (κ3) is 6.07. The van der Waals surface area contributed by atoms with Crippen LogP contribution in [-0.2, 0) is 18.9 Å². The van der Waals surface area contributed by atoms with Gasteiger partial charge in [0.2, 0.25) is 0 Å². The summed E-state index contributed by atoms with van der Waals surface area (Å²) in [6.07, 6.45) is -9.94. The molecule has 0 atom stereocenters.